The van der Waals surface area contributed by atoms with Crippen LogP contribution in [0.25, 0.3) is 5.69 Å². The number of rotatable bonds is 5. The Hall–Kier alpha value is -2.71. The molecule has 1 saturated heterocycles. The Morgan fingerprint density at radius 2 is 1.85 bits per heavy atom. The number of benzene rings is 1. The van der Waals surface area contributed by atoms with E-state index >= 15 is 0 Å². The van der Waals surface area contributed by atoms with Crippen molar-refractivity contribution in [3.05, 3.63) is 52.6 Å². The van der Waals surface area contributed by atoms with E-state index in [0.29, 0.717) is 36.4 Å². The van der Waals surface area contributed by atoms with Gasteiger partial charge in [-0.2, -0.15) is 4.98 Å². The maximum absolute atomic E-state index is 12.6. The van der Waals surface area contributed by atoms with Crippen molar-refractivity contribution in [3.8, 4) is 5.69 Å². The molecule has 2 aromatic rings. The van der Waals surface area contributed by atoms with E-state index < -0.39 is 11.7 Å². The third-order valence-electron chi connectivity index (χ3n) is 5.77. The van der Waals surface area contributed by atoms with E-state index in [0.717, 1.165) is 18.7 Å². The molecule has 2 fully saturated rings. The first-order valence-electron chi connectivity index (χ1n) is 9.17. The van der Waals surface area contributed by atoms with Crippen LogP contribution in [0.2, 0.25) is 0 Å². The van der Waals surface area contributed by atoms with Gasteiger partial charge in [0.2, 0.25) is 5.91 Å². The van der Waals surface area contributed by atoms with Crippen LogP contribution in [0.4, 0.5) is 5.82 Å². The number of carbonyl (C=O) groups excluding carboxylic acids is 1. The summed E-state index contributed by atoms with van der Waals surface area (Å²) in [5.74, 6) is 1.91. The molecule has 0 bridgehead atoms. The van der Waals surface area contributed by atoms with Gasteiger partial charge >= 0.3 is 5.69 Å². The van der Waals surface area contributed by atoms with Crippen molar-refractivity contribution in [2.24, 2.45) is 29.2 Å². The number of hydrogen-bond acceptors (Lipinski definition) is 6. The van der Waals surface area contributed by atoms with Crippen LogP contribution in [0, 0.1) is 17.8 Å². The average molecular weight is 368 g/mol. The van der Waals surface area contributed by atoms with Crippen LogP contribution in [0.15, 0.2) is 41.3 Å². The number of aromatic nitrogens is 2. The number of hydrogen-bond donors (Lipinski definition) is 3. The van der Waals surface area contributed by atoms with Crippen LogP contribution in [-0.4, -0.2) is 46.0 Å². The minimum absolute atomic E-state index is 0.000928. The number of piperidine rings is 1. The normalized spacial score (nSPS) is 24.5. The van der Waals surface area contributed by atoms with Gasteiger partial charge < -0.3 is 22.1 Å². The molecule has 2 aliphatic rings. The minimum Gasteiger partial charge on any atom is -0.383 e. The number of fused-ring (bicyclic) bond motifs is 1. The molecule has 1 aliphatic carbocycles. The molecule has 1 unspecified atom stereocenters. The zero-order chi connectivity index (χ0) is 19.1. The van der Waals surface area contributed by atoms with Crippen molar-refractivity contribution in [2.75, 3.05) is 25.4 Å². The summed E-state index contributed by atoms with van der Waals surface area (Å²) in [7, 11) is 0. The van der Waals surface area contributed by atoms with Gasteiger partial charge in [0.25, 0.3) is 0 Å². The van der Waals surface area contributed by atoms with Crippen LogP contribution < -0.4 is 22.9 Å². The van der Waals surface area contributed by atoms with Crippen molar-refractivity contribution >= 4 is 11.7 Å². The molecular formula is C19H24N6O2. The second-order valence-corrected chi connectivity index (χ2v) is 7.45. The Labute approximate surface area is 157 Å². The van der Waals surface area contributed by atoms with Crippen LogP contribution in [0.3, 0.4) is 0 Å². The highest BCUT2D eigenvalue weighted by Crippen LogP contribution is 2.50. The lowest BCUT2D eigenvalue weighted by Gasteiger charge is -2.23. The number of amides is 1. The summed E-state index contributed by atoms with van der Waals surface area (Å²) in [6.45, 7) is 2.28. The van der Waals surface area contributed by atoms with Crippen LogP contribution in [0.5, 0.6) is 0 Å². The fraction of sp³-hybridized carbons (Fsp3) is 0.421. The molecule has 8 nitrogen and oxygen atoms in total. The van der Waals surface area contributed by atoms with Crippen LogP contribution >= 0.6 is 0 Å². The van der Waals surface area contributed by atoms with Gasteiger partial charge in [0.05, 0.1) is 11.7 Å². The molecule has 1 aromatic heterocycles. The summed E-state index contributed by atoms with van der Waals surface area (Å²) >= 11 is 0. The summed E-state index contributed by atoms with van der Waals surface area (Å²) in [5.41, 5.74) is 18.6. The molecule has 8 heteroatoms. The van der Waals surface area contributed by atoms with Gasteiger partial charge in [0.1, 0.15) is 5.82 Å². The lowest BCUT2D eigenvalue weighted by atomic mass is 10.0. The molecule has 0 spiro atoms. The predicted molar refractivity (Wildman–Crippen MR) is 102 cm³/mol. The maximum Gasteiger partial charge on any atom is 0.354 e. The number of nitrogen functional groups attached to an aromatic ring is 1. The molecule has 1 aromatic carbocycles. The summed E-state index contributed by atoms with van der Waals surface area (Å²) in [6.07, 6.45) is 2.04. The molecule has 0 radical (unpaired) electrons. The minimum atomic E-state index is -0.564. The van der Waals surface area contributed by atoms with E-state index in [-0.39, 0.29) is 11.7 Å². The summed E-state index contributed by atoms with van der Waals surface area (Å²) in [4.78, 5) is 30.1. The third kappa shape index (κ3) is 3.33. The molecule has 27 heavy (non-hydrogen) atoms. The van der Waals surface area contributed by atoms with Crippen molar-refractivity contribution in [2.45, 2.75) is 12.5 Å². The second-order valence-electron chi connectivity index (χ2n) is 7.45. The fourth-order valence-electron chi connectivity index (χ4n) is 4.16. The lowest BCUT2D eigenvalue weighted by Crippen LogP contribution is -2.45. The standard InChI is InChI=1S/C19H24N6O2/c20-8-13-14-9-24(10-15(13)14)18(26)16(21)7-11-1-3-12(4-2-11)25-6-5-17(22)23-19(25)27/h1-6,13-16H,7-10,20-21H2,(H2,22,23,27)/t13?,14-,15+,16-/m0/s1. The number of carbonyl (C=O) groups is 1. The largest absolute Gasteiger partial charge is 0.383 e. The average Bonchev–Trinajstić information content (AvgIpc) is 3.12. The SMILES string of the molecule is NCC1[C@H]2CN(C(=O)[C@@H](N)Cc3ccc(-n4ccc(N)nc4=O)cc3)C[C@@H]12. The Kier molecular flexibility index (Phi) is 4.45. The summed E-state index contributed by atoms with van der Waals surface area (Å²) in [6, 6.07) is 8.37. The predicted octanol–water partition coefficient (Wildman–Crippen LogP) is -0.652. The molecule has 4 rings (SSSR count). The van der Waals surface area contributed by atoms with Gasteiger partial charge in [0, 0.05) is 19.3 Å². The van der Waals surface area contributed by atoms with Gasteiger partial charge in [-0.3, -0.25) is 9.36 Å². The van der Waals surface area contributed by atoms with Gasteiger partial charge in [-0.1, -0.05) is 12.1 Å². The Morgan fingerprint density at radius 1 is 1.19 bits per heavy atom. The first-order valence-corrected chi connectivity index (χ1v) is 9.17. The van der Waals surface area contributed by atoms with E-state index in [9.17, 15) is 9.59 Å². The Balaban J connectivity index is 1.38. The van der Waals surface area contributed by atoms with E-state index in [4.69, 9.17) is 17.2 Å². The lowest BCUT2D eigenvalue weighted by molar-refractivity contribution is -0.132. The van der Waals surface area contributed by atoms with E-state index in [1.807, 2.05) is 29.2 Å². The Bertz CT molecular complexity index is 897. The van der Waals surface area contributed by atoms with E-state index in [1.54, 1.807) is 12.3 Å². The summed E-state index contributed by atoms with van der Waals surface area (Å²) in [5, 5.41) is 0. The zero-order valence-corrected chi connectivity index (χ0v) is 15.0. The number of nitrogens with two attached hydrogens (primary N) is 3. The van der Waals surface area contributed by atoms with Crippen LogP contribution in [-0.2, 0) is 11.2 Å². The first-order chi connectivity index (χ1) is 13.0. The number of anilines is 1. The highest BCUT2D eigenvalue weighted by atomic mass is 16.2. The van der Waals surface area contributed by atoms with Crippen molar-refractivity contribution in [1.29, 1.82) is 0 Å². The number of likely N-dealkylation sites (tertiary alicyclic amines) is 1. The highest BCUT2D eigenvalue weighted by molar-refractivity contribution is 5.82. The third-order valence-corrected chi connectivity index (χ3v) is 5.77. The fourth-order valence-corrected chi connectivity index (χ4v) is 4.16. The molecule has 142 valence electrons. The second kappa shape index (κ2) is 6.79. The van der Waals surface area contributed by atoms with Gasteiger partial charge in [0.15, 0.2) is 0 Å². The molecular weight excluding hydrogens is 344 g/mol. The Morgan fingerprint density at radius 3 is 2.44 bits per heavy atom. The maximum atomic E-state index is 12.6. The van der Waals surface area contributed by atoms with E-state index in [1.165, 1.54) is 4.57 Å². The smallest absolute Gasteiger partial charge is 0.354 e. The van der Waals surface area contributed by atoms with Gasteiger partial charge in [-0.05, 0) is 54.5 Å². The van der Waals surface area contributed by atoms with Crippen molar-refractivity contribution < 1.29 is 4.79 Å². The summed E-state index contributed by atoms with van der Waals surface area (Å²) < 4.78 is 1.41. The molecule has 4 atom stereocenters. The monoisotopic (exact) mass is 368 g/mol. The van der Waals surface area contributed by atoms with Crippen molar-refractivity contribution in [3.63, 3.8) is 0 Å². The van der Waals surface area contributed by atoms with Gasteiger partial charge in [-0.15, -0.1) is 0 Å². The molecule has 1 saturated carbocycles. The molecule has 6 N–H and O–H groups in total. The van der Waals surface area contributed by atoms with Crippen molar-refractivity contribution in [1.82, 2.24) is 14.5 Å². The molecule has 2 heterocycles. The quantitative estimate of drug-likeness (QED) is 0.642. The zero-order valence-electron chi connectivity index (χ0n) is 15.0. The number of nitrogens with zero attached hydrogens (tertiary/aromatic N) is 3. The topological polar surface area (TPSA) is 133 Å². The van der Waals surface area contributed by atoms with E-state index in [2.05, 4.69) is 4.98 Å². The highest BCUT2D eigenvalue weighted by Gasteiger charge is 2.55. The molecule has 1 aliphatic heterocycles. The van der Waals surface area contributed by atoms with Gasteiger partial charge in [-0.25, -0.2) is 4.79 Å². The molecule has 1 amide bonds. The van der Waals surface area contributed by atoms with Crippen LogP contribution in [0.1, 0.15) is 5.56 Å². The first kappa shape index (κ1) is 17.7.